The van der Waals surface area contributed by atoms with E-state index >= 15 is 0 Å². The molecule has 2 aromatic heterocycles. The first kappa shape index (κ1) is 33.3. The molecule has 0 bridgehead atoms. The molecule has 2 heterocycles. The second kappa shape index (κ2) is 16.4. The standard InChI is InChI=1S/C13H15BrFNO3.C8H13BrO2.C5H3BrFNO/c1-2-19-13(18)11(5-8-3-4-8)16-7-9(14)6-10(15)12(16)17;1-2-11-8(10)7(9)5-6-3-4-6;6-3-1-4(7)5(9)8-2-3/h6-8,11H,2-5H2,1H3;6-7H,2-5H2,1H3;1-2H,(H,8,9). The van der Waals surface area contributed by atoms with E-state index in [0.717, 1.165) is 41.9 Å². The van der Waals surface area contributed by atoms with E-state index in [4.69, 9.17) is 9.47 Å². The second-order valence-corrected chi connectivity index (χ2v) is 12.0. The van der Waals surface area contributed by atoms with Crippen LogP contribution in [-0.2, 0) is 19.1 Å². The first-order valence-electron chi connectivity index (χ1n) is 12.5. The number of aromatic nitrogens is 2. The predicted octanol–water partition coefficient (Wildman–Crippen LogP) is 6.04. The van der Waals surface area contributed by atoms with Crippen LogP contribution in [0.5, 0.6) is 0 Å². The number of carbonyl (C=O) groups excluding carboxylic acids is 2. The van der Waals surface area contributed by atoms with Gasteiger partial charge in [0.25, 0.3) is 11.1 Å². The molecule has 13 heteroatoms. The molecule has 216 valence electrons. The molecule has 0 radical (unpaired) electrons. The third kappa shape index (κ3) is 12.0. The summed E-state index contributed by atoms with van der Waals surface area (Å²) >= 11 is 9.43. The van der Waals surface area contributed by atoms with Gasteiger partial charge in [0.05, 0.1) is 13.2 Å². The Morgan fingerprint density at radius 3 is 2.00 bits per heavy atom. The minimum Gasteiger partial charge on any atom is -0.465 e. The van der Waals surface area contributed by atoms with Crippen molar-refractivity contribution in [1.82, 2.24) is 9.55 Å². The number of H-pyrrole nitrogens is 1. The molecule has 0 aromatic carbocycles. The van der Waals surface area contributed by atoms with E-state index in [1.807, 2.05) is 6.92 Å². The lowest BCUT2D eigenvalue weighted by Gasteiger charge is -2.18. The molecule has 2 aromatic rings. The molecule has 39 heavy (non-hydrogen) atoms. The molecule has 2 aliphatic carbocycles. The van der Waals surface area contributed by atoms with Crippen LogP contribution < -0.4 is 11.1 Å². The summed E-state index contributed by atoms with van der Waals surface area (Å²) in [5, 5.41) is 0. The van der Waals surface area contributed by atoms with Crippen molar-refractivity contribution in [3.05, 3.63) is 65.8 Å². The number of carbonyl (C=O) groups is 2. The van der Waals surface area contributed by atoms with Gasteiger partial charge in [0.15, 0.2) is 11.6 Å². The van der Waals surface area contributed by atoms with Crippen molar-refractivity contribution in [2.75, 3.05) is 13.2 Å². The number of esters is 2. The number of hydrogen-bond acceptors (Lipinski definition) is 6. The fourth-order valence-electron chi connectivity index (χ4n) is 3.40. The van der Waals surface area contributed by atoms with Crippen molar-refractivity contribution >= 4 is 59.7 Å². The maximum atomic E-state index is 13.5. The van der Waals surface area contributed by atoms with Gasteiger partial charge in [-0.2, -0.15) is 0 Å². The van der Waals surface area contributed by atoms with E-state index in [9.17, 15) is 28.0 Å². The van der Waals surface area contributed by atoms with Crippen LogP contribution >= 0.6 is 47.8 Å². The minimum atomic E-state index is -0.875. The fourth-order valence-corrected chi connectivity index (χ4v) is 4.80. The molecule has 2 saturated carbocycles. The maximum Gasteiger partial charge on any atom is 0.329 e. The normalized spacial score (nSPS) is 15.6. The smallest absolute Gasteiger partial charge is 0.329 e. The minimum absolute atomic E-state index is 0.0741. The number of rotatable bonds is 9. The van der Waals surface area contributed by atoms with Crippen molar-refractivity contribution in [2.45, 2.75) is 63.2 Å². The van der Waals surface area contributed by atoms with E-state index in [0.29, 0.717) is 27.9 Å². The summed E-state index contributed by atoms with van der Waals surface area (Å²) < 4.78 is 37.6. The highest BCUT2D eigenvalue weighted by atomic mass is 79.9. The average Bonchev–Trinajstić information content (AvgIpc) is 3.80. The number of nitrogens with zero attached hydrogens (tertiary/aromatic N) is 1. The largest absolute Gasteiger partial charge is 0.465 e. The molecule has 1 N–H and O–H groups in total. The van der Waals surface area contributed by atoms with Crippen LogP contribution in [0.15, 0.2) is 43.1 Å². The molecular formula is C26H31Br3F2N2O6. The molecule has 2 aliphatic rings. The summed E-state index contributed by atoms with van der Waals surface area (Å²) in [5.41, 5.74) is -1.49. The van der Waals surface area contributed by atoms with Gasteiger partial charge in [0, 0.05) is 21.3 Å². The molecule has 4 rings (SSSR count). The van der Waals surface area contributed by atoms with Crippen molar-refractivity contribution in [3.8, 4) is 0 Å². The lowest BCUT2D eigenvalue weighted by Crippen LogP contribution is -2.32. The van der Waals surface area contributed by atoms with E-state index in [2.05, 4.69) is 52.8 Å². The first-order chi connectivity index (χ1) is 18.5. The lowest BCUT2D eigenvalue weighted by molar-refractivity contribution is -0.147. The first-order valence-corrected chi connectivity index (χ1v) is 15.0. The molecule has 2 unspecified atom stereocenters. The molecule has 2 fully saturated rings. The number of ether oxygens (including phenoxy) is 2. The Morgan fingerprint density at radius 1 is 0.949 bits per heavy atom. The highest BCUT2D eigenvalue weighted by Crippen LogP contribution is 2.37. The Balaban J connectivity index is 0.000000226. The number of hydrogen-bond donors (Lipinski definition) is 1. The van der Waals surface area contributed by atoms with Gasteiger partial charge in [-0.15, -0.1) is 0 Å². The molecule has 0 aliphatic heterocycles. The summed E-state index contributed by atoms with van der Waals surface area (Å²) in [6.45, 7) is 4.25. The summed E-state index contributed by atoms with van der Waals surface area (Å²) in [6.07, 6.45) is 8.93. The van der Waals surface area contributed by atoms with Crippen molar-refractivity contribution in [1.29, 1.82) is 0 Å². The topological polar surface area (TPSA) is 107 Å². The zero-order valence-corrected chi connectivity index (χ0v) is 26.3. The number of alkyl halides is 1. The quantitative estimate of drug-likeness (QED) is 0.248. The fraction of sp³-hybridized carbons (Fsp3) is 0.538. The summed E-state index contributed by atoms with van der Waals surface area (Å²) in [5.74, 6) is -1.05. The Bertz CT molecular complexity index is 1230. The second-order valence-electron chi connectivity index (χ2n) is 9.06. The Labute approximate surface area is 250 Å². The highest BCUT2D eigenvalue weighted by Gasteiger charge is 2.32. The number of pyridine rings is 2. The van der Waals surface area contributed by atoms with Crippen LogP contribution in [0.25, 0.3) is 0 Å². The monoisotopic (exact) mass is 742 g/mol. The van der Waals surface area contributed by atoms with Crippen LogP contribution in [0.3, 0.4) is 0 Å². The predicted molar refractivity (Wildman–Crippen MR) is 153 cm³/mol. The molecule has 8 nitrogen and oxygen atoms in total. The van der Waals surface area contributed by atoms with Gasteiger partial charge in [-0.1, -0.05) is 41.6 Å². The van der Waals surface area contributed by atoms with E-state index in [1.165, 1.54) is 25.2 Å². The summed E-state index contributed by atoms with van der Waals surface area (Å²) in [6, 6.07) is 1.46. The van der Waals surface area contributed by atoms with Gasteiger partial charge >= 0.3 is 11.9 Å². The van der Waals surface area contributed by atoms with Crippen LogP contribution in [0.2, 0.25) is 0 Å². The maximum absolute atomic E-state index is 13.5. The van der Waals surface area contributed by atoms with Crippen molar-refractivity contribution in [3.63, 3.8) is 0 Å². The van der Waals surface area contributed by atoms with Crippen LogP contribution in [0.4, 0.5) is 8.78 Å². The zero-order chi connectivity index (χ0) is 29.1. The highest BCUT2D eigenvalue weighted by molar-refractivity contribution is 9.10. The van der Waals surface area contributed by atoms with E-state index in [-0.39, 0.29) is 17.4 Å². The molecule has 0 spiro atoms. The van der Waals surface area contributed by atoms with Gasteiger partial charge < -0.3 is 14.5 Å². The molecule has 0 amide bonds. The molecular weight excluding hydrogens is 714 g/mol. The third-order valence-electron chi connectivity index (χ3n) is 5.72. The van der Waals surface area contributed by atoms with Crippen LogP contribution in [0.1, 0.15) is 58.4 Å². The van der Waals surface area contributed by atoms with Crippen LogP contribution in [0, 0.1) is 23.5 Å². The molecule has 0 saturated heterocycles. The Hall–Kier alpha value is -1.86. The zero-order valence-electron chi connectivity index (χ0n) is 21.6. The van der Waals surface area contributed by atoms with Gasteiger partial charge in [0.2, 0.25) is 0 Å². The van der Waals surface area contributed by atoms with Crippen molar-refractivity contribution in [2.24, 2.45) is 11.8 Å². The summed E-state index contributed by atoms with van der Waals surface area (Å²) in [4.78, 5) is 47.3. The molecule has 2 atom stereocenters. The van der Waals surface area contributed by atoms with Gasteiger partial charge in [-0.25, -0.2) is 13.6 Å². The Morgan fingerprint density at radius 2 is 1.49 bits per heavy atom. The van der Waals surface area contributed by atoms with Crippen molar-refractivity contribution < 1.29 is 27.8 Å². The number of nitrogens with one attached hydrogen (secondary N) is 1. The van der Waals surface area contributed by atoms with Gasteiger partial charge in [-0.05, 0) is 82.5 Å². The Kier molecular flexibility index (Phi) is 14.0. The lowest BCUT2D eigenvalue weighted by atomic mass is 10.1. The number of halogens is 5. The van der Waals surface area contributed by atoms with Crippen LogP contribution in [-0.4, -0.2) is 39.5 Å². The van der Waals surface area contributed by atoms with E-state index in [1.54, 1.807) is 6.92 Å². The SMILES string of the molecule is CCOC(=O)C(Br)CC1CC1.CCOC(=O)C(CC1CC1)n1cc(Br)cc(F)c1=O.O=c1[nH]cc(Br)cc1F. The third-order valence-corrected chi connectivity index (χ3v) is 7.36. The van der Waals surface area contributed by atoms with Gasteiger partial charge in [-0.3, -0.25) is 19.0 Å². The summed E-state index contributed by atoms with van der Waals surface area (Å²) in [7, 11) is 0. The number of aromatic amines is 1. The average molecular weight is 745 g/mol. The van der Waals surface area contributed by atoms with Gasteiger partial charge in [0.1, 0.15) is 10.9 Å². The van der Waals surface area contributed by atoms with E-state index < -0.39 is 34.8 Å².